The molecule has 4 nitrogen and oxygen atoms in total. The first-order valence-corrected chi connectivity index (χ1v) is 6.22. The molecule has 0 bridgehead atoms. The maximum absolute atomic E-state index is 9.64. The molecule has 19 heavy (non-hydrogen) atoms. The van der Waals surface area contributed by atoms with E-state index >= 15 is 0 Å². The number of hydrogen-bond acceptors (Lipinski definition) is 4. The summed E-state index contributed by atoms with van der Waals surface area (Å²) in [7, 11) is 0. The molecule has 1 aromatic heterocycles. The minimum atomic E-state index is -0.526. The van der Waals surface area contributed by atoms with Gasteiger partial charge in [0.2, 0.25) is 0 Å². The van der Waals surface area contributed by atoms with E-state index in [1.165, 1.54) is 0 Å². The number of aryl methyl sites for hydroxylation is 1. The summed E-state index contributed by atoms with van der Waals surface area (Å²) in [5.74, 6) is 1.42. The molecule has 1 atom stereocenters. The van der Waals surface area contributed by atoms with Crippen LogP contribution in [0.3, 0.4) is 0 Å². The quantitative estimate of drug-likeness (QED) is 0.917. The maximum Gasteiger partial charge on any atom is 0.130 e. The summed E-state index contributed by atoms with van der Waals surface area (Å²) in [6, 6.07) is 9.41. The van der Waals surface area contributed by atoms with Gasteiger partial charge in [0.1, 0.15) is 30.8 Å². The molecule has 0 amide bonds. The highest BCUT2D eigenvalue weighted by Gasteiger charge is 2.22. The lowest BCUT2D eigenvalue weighted by molar-refractivity contribution is 0.140. The molecular weight excluding hydrogens is 242 g/mol. The SMILES string of the molecule is Cc1cccnc1COc1ccc2c(c1)OCC2O. The van der Waals surface area contributed by atoms with Crippen molar-refractivity contribution in [1.82, 2.24) is 4.98 Å². The Morgan fingerprint density at radius 1 is 1.42 bits per heavy atom. The van der Waals surface area contributed by atoms with Gasteiger partial charge in [-0.05, 0) is 30.7 Å². The topological polar surface area (TPSA) is 51.6 Å². The van der Waals surface area contributed by atoms with E-state index in [0.29, 0.717) is 19.0 Å². The van der Waals surface area contributed by atoms with Crippen LogP contribution in [0.25, 0.3) is 0 Å². The van der Waals surface area contributed by atoms with Crippen LogP contribution in [0.1, 0.15) is 22.9 Å². The number of ether oxygens (including phenoxy) is 2. The molecular formula is C15H15NO3. The Hall–Kier alpha value is -2.07. The summed E-state index contributed by atoms with van der Waals surface area (Å²) >= 11 is 0. The summed E-state index contributed by atoms with van der Waals surface area (Å²) in [5.41, 5.74) is 2.85. The van der Waals surface area contributed by atoms with Crippen molar-refractivity contribution in [2.24, 2.45) is 0 Å². The van der Waals surface area contributed by atoms with Crippen LogP contribution >= 0.6 is 0 Å². The first-order valence-electron chi connectivity index (χ1n) is 6.22. The molecule has 1 aliphatic heterocycles. The van der Waals surface area contributed by atoms with E-state index in [-0.39, 0.29) is 0 Å². The minimum Gasteiger partial charge on any atom is -0.490 e. The fourth-order valence-electron chi connectivity index (χ4n) is 2.08. The van der Waals surface area contributed by atoms with Crippen molar-refractivity contribution >= 4 is 0 Å². The van der Waals surface area contributed by atoms with Crippen LogP contribution in [-0.2, 0) is 6.61 Å². The molecule has 0 spiro atoms. The number of rotatable bonds is 3. The molecule has 1 aliphatic rings. The largest absolute Gasteiger partial charge is 0.490 e. The van der Waals surface area contributed by atoms with Crippen LogP contribution in [0.15, 0.2) is 36.5 Å². The molecule has 2 heterocycles. The highest BCUT2D eigenvalue weighted by atomic mass is 16.5. The predicted molar refractivity (Wildman–Crippen MR) is 70.2 cm³/mol. The summed E-state index contributed by atoms with van der Waals surface area (Å²) in [6.45, 7) is 2.75. The number of aliphatic hydroxyl groups excluding tert-OH is 1. The second-order valence-electron chi connectivity index (χ2n) is 4.58. The van der Waals surface area contributed by atoms with Gasteiger partial charge in [-0.2, -0.15) is 0 Å². The number of fused-ring (bicyclic) bond motifs is 1. The number of aliphatic hydroxyl groups is 1. The summed E-state index contributed by atoms with van der Waals surface area (Å²) in [5, 5.41) is 9.64. The summed E-state index contributed by atoms with van der Waals surface area (Å²) < 4.78 is 11.1. The van der Waals surface area contributed by atoms with Crippen LogP contribution in [0.5, 0.6) is 11.5 Å². The van der Waals surface area contributed by atoms with Crippen molar-refractivity contribution in [1.29, 1.82) is 0 Å². The Bertz CT molecular complexity index is 598. The fourth-order valence-corrected chi connectivity index (χ4v) is 2.08. The molecule has 98 valence electrons. The van der Waals surface area contributed by atoms with E-state index in [2.05, 4.69) is 4.98 Å². The first kappa shape index (κ1) is 12.0. The monoisotopic (exact) mass is 257 g/mol. The average Bonchev–Trinajstić information content (AvgIpc) is 2.79. The fraction of sp³-hybridized carbons (Fsp3) is 0.267. The zero-order valence-electron chi connectivity index (χ0n) is 10.7. The third-order valence-corrected chi connectivity index (χ3v) is 3.23. The molecule has 1 unspecified atom stereocenters. The van der Waals surface area contributed by atoms with Gasteiger partial charge in [0.15, 0.2) is 0 Å². The molecule has 0 saturated carbocycles. The van der Waals surface area contributed by atoms with E-state index in [0.717, 1.165) is 22.6 Å². The van der Waals surface area contributed by atoms with E-state index in [1.54, 1.807) is 6.20 Å². The molecule has 1 N–H and O–H groups in total. The zero-order valence-corrected chi connectivity index (χ0v) is 10.7. The van der Waals surface area contributed by atoms with Crippen molar-refractivity contribution in [3.8, 4) is 11.5 Å². The van der Waals surface area contributed by atoms with Crippen LogP contribution in [0.4, 0.5) is 0 Å². The molecule has 0 aliphatic carbocycles. The Labute approximate surface area is 111 Å². The molecule has 2 aromatic rings. The summed E-state index contributed by atoms with van der Waals surface area (Å²) in [6.07, 6.45) is 1.23. The Morgan fingerprint density at radius 3 is 3.16 bits per heavy atom. The van der Waals surface area contributed by atoms with Gasteiger partial charge in [-0.1, -0.05) is 6.07 Å². The van der Waals surface area contributed by atoms with Crippen LogP contribution < -0.4 is 9.47 Å². The first-order chi connectivity index (χ1) is 9.24. The number of aromatic nitrogens is 1. The average molecular weight is 257 g/mol. The highest BCUT2D eigenvalue weighted by molar-refractivity contribution is 5.44. The van der Waals surface area contributed by atoms with E-state index < -0.39 is 6.10 Å². The standard InChI is InChI=1S/C15H15NO3/c1-10-3-2-6-16-13(10)8-18-11-4-5-12-14(17)9-19-15(12)7-11/h2-7,14,17H,8-9H2,1H3. The lowest BCUT2D eigenvalue weighted by Gasteiger charge is -2.09. The van der Waals surface area contributed by atoms with Crippen molar-refractivity contribution in [3.05, 3.63) is 53.3 Å². The van der Waals surface area contributed by atoms with E-state index in [1.807, 2.05) is 37.3 Å². The van der Waals surface area contributed by atoms with E-state index in [4.69, 9.17) is 9.47 Å². The third-order valence-electron chi connectivity index (χ3n) is 3.23. The van der Waals surface area contributed by atoms with Gasteiger partial charge in [0, 0.05) is 17.8 Å². The number of benzene rings is 1. The molecule has 0 radical (unpaired) electrons. The third kappa shape index (κ3) is 2.39. The number of hydrogen-bond donors (Lipinski definition) is 1. The van der Waals surface area contributed by atoms with Gasteiger partial charge in [0.25, 0.3) is 0 Å². The Balaban J connectivity index is 1.73. The number of pyridine rings is 1. The van der Waals surface area contributed by atoms with Crippen LogP contribution in [0, 0.1) is 6.92 Å². The van der Waals surface area contributed by atoms with E-state index in [9.17, 15) is 5.11 Å². The van der Waals surface area contributed by atoms with Crippen molar-refractivity contribution in [3.63, 3.8) is 0 Å². The normalized spacial score (nSPS) is 16.8. The highest BCUT2D eigenvalue weighted by Crippen LogP contribution is 2.35. The number of nitrogens with zero attached hydrogens (tertiary/aromatic N) is 1. The van der Waals surface area contributed by atoms with Crippen molar-refractivity contribution < 1.29 is 14.6 Å². The molecule has 3 rings (SSSR count). The molecule has 0 saturated heterocycles. The van der Waals surface area contributed by atoms with Gasteiger partial charge in [-0.3, -0.25) is 4.98 Å². The van der Waals surface area contributed by atoms with Gasteiger partial charge in [-0.15, -0.1) is 0 Å². The smallest absolute Gasteiger partial charge is 0.130 e. The summed E-state index contributed by atoms with van der Waals surface area (Å²) in [4.78, 5) is 4.28. The Kier molecular flexibility index (Phi) is 3.09. The predicted octanol–water partition coefficient (Wildman–Crippen LogP) is 2.39. The lowest BCUT2D eigenvalue weighted by Crippen LogP contribution is -2.00. The van der Waals surface area contributed by atoms with Crippen LogP contribution in [0.2, 0.25) is 0 Å². The van der Waals surface area contributed by atoms with Crippen LogP contribution in [-0.4, -0.2) is 16.7 Å². The molecule has 4 heteroatoms. The lowest BCUT2D eigenvalue weighted by atomic mass is 10.1. The molecule has 0 fully saturated rings. The van der Waals surface area contributed by atoms with Gasteiger partial charge >= 0.3 is 0 Å². The minimum absolute atomic E-state index is 0.318. The Morgan fingerprint density at radius 2 is 2.32 bits per heavy atom. The van der Waals surface area contributed by atoms with Crippen molar-refractivity contribution in [2.75, 3.05) is 6.61 Å². The maximum atomic E-state index is 9.64. The second-order valence-corrected chi connectivity index (χ2v) is 4.58. The second kappa shape index (κ2) is 4.90. The van der Waals surface area contributed by atoms with Gasteiger partial charge < -0.3 is 14.6 Å². The van der Waals surface area contributed by atoms with Gasteiger partial charge in [0.05, 0.1) is 5.69 Å². The molecule has 1 aromatic carbocycles. The van der Waals surface area contributed by atoms with Gasteiger partial charge in [-0.25, -0.2) is 0 Å². The zero-order chi connectivity index (χ0) is 13.2. The van der Waals surface area contributed by atoms with Crippen molar-refractivity contribution in [2.45, 2.75) is 19.6 Å².